The predicted molar refractivity (Wildman–Crippen MR) is 97.4 cm³/mol. The SMILES string of the molecule is C=CCN(C1=NC2C3=C(CCC=C3OC3C=CC=CC32)N1)C(C)C. The van der Waals surface area contributed by atoms with Crippen molar-refractivity contribution in [2.24, 2.45) is 10.9 Å². The average Bonchev–Trinajstić information content (AvgIpc) is 2.59. The Morgan fingerprint density at radius 2 is 2.25 bits per heavy atom. The Kier molecular flexibility index (Phi) is 3.83. The molecule has 2 aliphatic carbocycles. The first-order valence-corrected chi connectivity index (χ1v) is 8.86. The van der Waals surface area contributed by atoms with Crippen LogP contribution in [0.25, 0.3) is 0 Å². The maximum Gasteiger partial charge on any atom is 0.199 e. The smallest absolute Gasteiger partial charge is 0.199 e. The van der Waals surface area contributed by atoms with Gasteiger partial charge in [-0.3, -0.25) is 0 Å². The Hall–Kier alpha value is -2.23. The third kappa shape index (κ3) is 2.41. The molecule has 0 spiro atoms. The number of aliphatic imine (C=N–C) groups is 1. The van der Waals surface area contributed by atoms with Crippen molar-refractivity contribution in [3.63, 3.8) is 0 Å². The van der Waals surface area contributed by atoms with Gasteiger partial charge in [-0.05, 0) is 38.8 Å². The Morgan fingerprint density at radius 3 is 3.04 bits per heavy atom. The van der Waals surface area contributed by atoms with Gasteiger partial charge in [-0.2, -0.15) is 0 Å². The lowest BCUT2D eigenvalue weighted by molar-refractivity contribution is 0.0866. The van der Waals surface area contributed by atoms with E-state index in [1.807, 2.05) is 6.08 Å². The number of nitrogens with zero attached hydrogens (tertiary/aromatic N) is 2. The summed E-state index contributed by atoms with van der Waals surface area (Å²) in [5, 5.41) is 3.59. The molecule has 0 aromatic heterocycles. The lowest BCUT2D eigenvalue weighted by atomic mass is 9.79. The first kappa shape index (κ1) is 15.3. The molecule has 2 heterocycles. The summed E-state index contributed by atoms with van der Waals surface area (Å²) < 4.78 is 6.25. The number of hydrogen-bond acceptors (Lipinski definition) is 4. The molecule has 4 nitrogen and oxygen atoms in total. The summed E-state index contributed by atoms with van der Waals surface area (Å²) in [6, 6.07) is 0.501. The standard InChI is InChI=1S/C20H25N3O/c1-4-12-23(13(2)3)20-21-15-9-7-11-17-18(15)19(22-20)14-8-5-6-10-16(14)24-17/h4-6,8,10-11,13-14,16,19H,1,7,9,12H2,2-3H3,(H,21,22). The minimum absolute atomic E-state index is 0.0874. The van der Waals surface area contributed by atoms with Crippen molar-refractivity contribution in [2.45, 2.75) is 44.9 Å². The second kappa shape index (κ2) is 6.00. The molecule has 3 unspecified atom stereocenters. The molecule has 1 fully saturated rings. The highest BCUT2D eigenvalue weighted by Gasteiger charge is 2.43. The Morgan fingerprint density at radius 1 is 1.42 bits per heavy atom. The molecule has 126 valence electrons. The lowest BCUT2D eigenvalue weighted by Crippen LogP contribution is -2.51. The summed E-state index contributed by atoms with van der Waals surface area (Å²) in [6.07, 6.45) is 14.9. The van der Waals surface area contributed by atoms with Crippen LogP contribution in [0.15, 0.2) is 65.1 Å². The van der Waals surface area contributed by atoms with Crippen LogP contribution in [0, 0.1) is 5.92 Å². The number of allylic oxidation sites excluding steroid dienone is 4. The van der Waals surface area contributed by atoms with Gasteiger partial charge in [0.25, 0.3) is 0 Å². The highest BCUT2D eigenvalue weighted by molar-refractivity contribution is 5.84. The van der Waals surface area contributed by atoms with Gasteiger partial charge in [-0.1, -0.05) is 24.3 Å². The van der Waals surface area contributed by atoms with Crippen LogP contribution in [-0.4, -0.2) is 35.6 Å². The second-order valence-electron chi connectivity index (χ2n) is 6.99. The van der Waals surface area contributed by atoms with Gasteiger partial charge in [0.15, 0.2) is 5.96 Å². The fraction of sp³-hybridized carbons (Fsp3) is 0.450. The van der Waals surface area contributed by atoms with E-state index < -0.39 is 0 Å². The fourth-order valence-electron chi connectivity index (χ4n) is 3.93. The molecular formula is C20H25N3O. The van der Waals surface area contributed by atoms with Crippen LogP contribution >= 0.6 is 0 Å². The summed E-state index contributed by atoms with van der Waals surface area (Å²) in [7, 11) is 0. The molecule has 0 aromatic carbocycles. The number of fused-ring (bicyclic) bond motifs is 2. The van der Waals surface area contributed by atoms with Crippen molar-refractivity contribution in [1.29, 1.82) is 0 Å². The number of rotatable bonds is 3. The zero-order valence-corrected chi connectivity index (χ0v) is 14.4. The monoisotopic (exact) mass is 323 g/mol. The first-order valence-electron chi connectivity index (χ1n) is 8.86. The van der Waals surface area contributed by atoms with Crippen LogP contribution in [0.2, 0.25) is 0 Å². The van der Waals surface area contributed by atoms with Crippen molar-refractivity contribution in [2.75, 3.05) is 6.54 Å². The van der Waals surface area contributed by atoms with E-state index >= 15 is 0 Å². The molecule has 4 aliphatic rings. The van der Waals surface area contributed by atoms with Gasteiger partial charge in [0, 0.05) is 29.8 Å². The molecule has 2 aliphatic heterocycles. The van der Waals surface area contributed by atoms with Crippen LogP contribution in [0.3, 0.4) is 0 Å². The molecule has 24 heavy (non-hydrogen) atoms. The first-order chi connectivity index (χ1) is 11.7. The number of hydrogen-bond donors (Lipinski definition) is 1. The summed E-state index contributed by atoms with van der Waals surface area (Å²) in [4.78, 5) is 7.41. The van der Waals surface area contributed by atoms with Crippen molar-refractivity contribution >= 4 is 5.96 Å². The van der Waals surface area contributed by atoms with Crippen molar-refractivity contribution in [1.82, 2.24) is 10.2 Å². The molecule has 3 atom stereocenters. The third-order valence-corrected chi connectivity index (χ3v) is 5.11. The van der Waals surface area contributed by atoms with Crippen LogP contribution in [-0.2, 0) is 4.74 Å². The van der Waals surface area contributed by atoms with E-state index in [-0.39, 0.29) is 18.1 Å². The van der Waals surface area contributed by atoms with Gasteiger partial charge in [-0.15, -0.1) is 6.58 Å². The van der Waals surface area contributed by atoms with E-state index in [4.69, 9.17) is 9.73 Å². The lowest BCUT2D eigenvalue weighted by Gasteiger charge is -2.44. The Labute approximate surface area is 144 Å². The highest BCUT2D eigenvalue weighted by atomic mass is 16.5. The van der Waals surface area contributed by atoms with Gasteiger partial charge in [-0.25, -0.2) is 4.99 Å². The van der Waals surface area contributed by atoms with Gasteiger partial charge in [0.05, 0.1) is 6.04 Å². The number of ether oxygens (including phenoxy) is 1. The van der Waals surface area contributed by atoms with Gasteiger partial charge < -0.3 is 15.0 Å². The largest absolute Gasteiger partial charge is 0.486 e. The maximum atomic E-state index is 6.25. The third-order valence-electron chi connectivity index (χ3n) is 5.11. The molecule has 4 rings (SSSR count). The zero-order valence-electron chi connectivity index (χ0n) is 14.4. The fourth-order valence-corrected chi connectivity index (χ4v) is 3.93. The summed E-state index contributed by atoms with van der Waals surface area (Å²) in [6.45, 7) is 9.08. The van der Waals surface area contributed by atoms with E-state index in [1.54, 1.807) is 0 Å². The van der Waals surface area contributed by atoms with E-state index in [0.29, 0.717) is 6.04 Å². The van der Waals surface area contributed by atoms with Crippen LogP contribution in [0.1, 0.15) is 26.7 Å². The molecule has 0 saturated carbocycles. The quantitative estimate of drug-likeness (QED) is 0.810. The predicted octanol–water partition coefficient (Wildman–Crippen LogP) is 3.28. The van der Waals surface area contributed by atoms with E-state index in [2.05, 4.69) is 61.0 Å². The summed E-state index contributed by atoms with van der Waals surface area (Å²) >= 11 is 0. The minimum atomic E-state index is 0.0874. The molecule has 0 aromatic rings. The number of nitrogens with one attached hydrogen (secondary N) is 1. The molecule has 0 radical (unpaired) electrons. The van der Waals surface area contributed by atoms with E-state index in [0.717, 1.165) is 31.1 Å². The van der Waals surface area contributed by atoms with Crippen LogP contribution in [0.5, 0.6) is 0 Å². The molecule has 0 amide bonds. The van der Waals surface area contributed by atoms with E-state index in [1.165, 1.54) is 11.3 Å². The van der Waals surface area contributed by atoms with Crippen LogP contribution in [0.4, 0.5) is 0 Å². The Balaban J connectivity index is 1.75. The van der Waals surface area contributed by atoms with Gasteiger partial charge in [0.2, 0.25) is 0 Å². The molecule has 0 bridgehead atoms. The highest BCUT2D eigenvalue weighted by Crippen LogP contribution is 2.42. The summed E-state index contributed by atoms with van der Waals surface area (Å²) in [5.41, 5.74) is 2.53. The molecular weight excluding hydrogens is 298 g/mol. The molecule has 1 N–H and O–H groups in total. The van der Waals surface area contributed by atoms with Gasteiger partial charge in [0.1, 0.15) is 11.9 Å². The van der Waals surface area contributed by atoms with E-state index in [9.17, 15) is 0 Å². The summed E-state index contributed by atoms with van der Waals surface area (Å²) in [5.74, 6) is 2.26. The Bertz CT molecular complexity index is 696. The number of guanidine groups is 1. The average molecular weight is 323 g/mol. The van der Waals surface area contributed by atoms with Gasteiger partial charge >= 0.3 is 0 Å². The van der Waals surface area contributed by atoms with Crippen LogP contribution < -0.4 is 5.32 Å². The van der Waals surface area contributed by atoms with Crippen molar-refractivity contribution in [3.8, 4) is 0 Å². The normalized spacial score (nSPS) is 29.9. The topological polar surface area (TPSA) is 36.9 Å². The zero-order chi connectivity index (χ0) is 16.7. The van der Waals surface area contributed by atoms with Crippen molar-refractivity contribution < 1.29 is 4.74 Å². The second-order valence-corrected chi connectivity index (χ2v) is 6.99. The molecule has 1 saturated heterocycles. The molecule has 4 heteroatoms. The minimum Gasteiger partial charge on any atom is -0.486 e. The maximum absolute atomic E-state index is 6.25. The van der Waals surface area contributed by atoms with Crippen molar-refractivity contribution in [3.05, 3.63) is 60.1 Å².